The van der Waals surface area contributed by atoms with E-state index in [0.29, 0.717) is 30.0 Å². The van der Waals surface area contributed by atoms with Gasteiger partial charge in [0, 0.05) is 28.8 Å². The number of aromatic carboxylic acids is 1. The molecule has 2 aromatic carbocycles. The van der Waals surface area contributed by atoms with Crippen LogP contribution in [0.5, 0.6) is 0 Å². The molecule has 2 N–H and O–H groups in total. The first-order valence-corrected chi connectivity index (χ1v) is 8.44. The van der Waals surface area contributed by atoms with E-state index >= 15 is 0 Å². The Labute approximate surface area is 149 Å². The zero-order valence-corrected chi connectivity index (χ0v) is 15.1. The Bertz CT molecular complexity index is 740. The van der Waals surface area contributed by atoms with Crippen molar-refractivity contribution in [3.05, 3.63) is 58.1 Å². The highest BCUT2D eigenvalue weighted by molar-refractivity contribution is 9.10. The third-order valence-corrected chi connectivity index (χ3v) is 4.22. The molecule has 0 aliphatic rings. The van der Waals surface area contributed by atoms with E-state index in [1.54, 1.807) is 36.4 Å². The number of halogens is 1. The van der Waals surface area contributed by atoms with Gasteiger partial charge in [-0.25, -0.2) is 4.79 Å². The molecule has 0 saturated carbocycles. The predicted octanol–water partition coefficient (Wildman–Crippen LogP) is 4.25. The Morgan fingerprint density at radius 1 is 1.08 bits per heavy atom. The van der Waals surface area contributed by atoms with Gasteiger partial charge in [-0.2, -0.15) is 0 Å². The van der Waals surface area contributed by atoms with Crippen molar-refractivity contribution in [2.24, 2.45) is 0 Å². The molecule has 0 unspecified atom stereocenters. The second-order valence-corrected chi connectivity index (χ2v) is 6.09. The van der Waals surface area contributed by atoms with Crippen LogP contribution in [0.25, 0.3) is 0 Å². The van der Waals surface area contributed by atoms with Crippen molar-refractivity contribution in [2.45, 2.75) is 13.8 Å². The molecule has 126 valence electrons. The average molecular weight is 391 g/mol. The Hall–Kier alpha value is -2.34. The normalized spacial score (nSPS) is 10.3. The summed E-state index contributed by atoms with van der Waals surface area (Å²) in [7, 11) is 0. The lowest BCUT2D eigenvalue weighted by molar-refractivity contribution is 0.0697. The SMILES string of the molecule is CCN(CC)c1ccc(NC(=O)c2ccc(Br)cc2)cc1C(=O)O. The molecule has 24 heavy (non-hydrogen) atoms. The zero-order valence-electron chi connectivity index (χ0n) is 13.5. The van der Waals surface area contributed by atoms with Gasteiger partial charge < -0.3 is 15.3 Å². The fraction of sp³-hybridized carbons (Fsp3) is 0.222. The van der Waals surface area contributed by atoms with Crippen molar-refractivity contribution in [3.63, 3.8) is 0 Å². The highest BCUT2D eigenvalue weighted by Gasteiger charge is 2.16. The third kappa shape index (κ3) is 4.14. The number of rotatable bonds is 6. The molecule has 0 radical (unpaired) electrons. The Morgan fingerprint density at radius 2 is 1.71 bits per heavy atom. The minimum absolute atomic E-state index is 0.173. The highest BCUT2D eigenvalue weighted by Crippen LogP contribution is 2.25. The summed E-state index contributed by atoms with van der Waals surface area (Å²) >= 11 is 3.32. The van der Waals surface area contributed by atoms with Crippen LogP contribution in [-0.2, 0) is 0 Å². The third-order valence-electron chi connectivity index (χ3n) is 3.70. The molecule has 0 saturated heterocycles. The van der Waals surface area contributed by atoms with Crippen molar-refractivity contribution < 1.29 is 14.7 Å². The first-order chi connectivity index (χ1) is 11.5. The molecule has 0 aliphatic heterocycles. The Morgan fingerprint density at radius 3 is 2.25 bits per heavy atom. The molecule has 2 aromatic rings. The number of carbonyl (C=O) groups excluding carboxylic acids is 1. The fourth-order valence-corrected chi connectivity index (χ4v) is 2.69. The van der Waals surface area contributed by atoms with Crippen LogP contribution >= 0.6 is 15.9 Å². The van der Waals surface area contributed by atoms with Crippen LogP contribution in [0.15, 0.2) is 46.9 Å². The molecule has 0 atom stereocenters. The number of nitrogens with zero attached hydrogens (tertiary/aromatic N) is 1. The molecular formula is C18H19BrN2O3. The number of carbonyl (C=O) groups is 2. The van der Waals surface area contributed by atoms with E-state index in [4.69, 9.17) is 0 Å². The predicted molar refractivity (Wildman–Crippen MR) is 99.1 cm³/mol. The van der Waals surface area contributed by atoms with Crippen molar-refractivity contribution >= 4 is 39.2 Å². The number of amides is 1. The van der Waals surface area contributed by atoms with E-state index in [2.05, 4.69) is 21.2 Å². The van der Waals surface area contributed by atoms with Gasteiger partial charge in [0.15, 0.2) is 0 Å². The molecule has 0 heterocycles. The summed E-state index contributed by atoms with van der Waals surface area (Å²) in [5.74, 6) is -1.30. The summed E-state index contributed by atoms with van der Waals surface area (Å²) in [4.78, 5) is 25.8. The first-order valence-electron chi connectivity index (χ1n) is 7.65. The molecule has 1 amide bonds. The van der Waals surface area contributed by atoms with Gasteiger partial charge in [0.1, 0.15) is 0 Å². The van der Waals surface area contributed by atoms with Gasteiger partial charge >= 0.3 is 5.97 Å². The molecule has 0 fully saturated rings. The number of nitrogens with one attached hydrogen (secondary N) is 1. The maximum atomic E-state index is 12.3. The van der Waals surface area contributed by atoms with Crippen LogP contribution in [0.4, 0.5) is 11.4 Å². The van der Waals surface area contributed by atoms with E-state index in [1.807, 2.05) is 18.7 Å². The van der Waals surface area contributed by atoms with Gasteiger partial charge in [0.2, 0.25) is 0 Å². The number of benzene rings is 2. The van der Waals surface area contributed by atoms with Crippen LogP contribution in [0.1, 0.15) is 34.6 Å². The second-order valence-electron chi connectivity index (χ2n) is 5.17. The number of hydrogen-bond donors (Lipinski definition) is 2. The standard InChI is InChI=1S/C18H19BrN2O3/c1-3-21(4-2)16-10-9-14(11-15(16)18(23)24)20-17(22)12-5-7-13(19)8-6-12/h5-11H,3-4H2,1-2H3,(H,20,22)(H,23,24). The van der Waals surface area contributed by atoms with E-state index in [-0.39, 0.29) is 11.5 Å². The van der Waals surface area contributed by atoms with E-state index in [0.717, 1.165) is 4.47 Å². The summed E-state index contributed by atoms with van der Waals surface area (Å²) < 4.78 is 0.885. The maximum Gasteiger partial charge on any atom is 0.337 e. The lowest BCUT2D eigenvalue weighted by atomic mass is 10.1. The smallest absolute Gasteiger partial charge is 0.337 e. The van der Waals surface area contributed by atoms with Crippen LogP contribution in [-0.4, -0.2) is 30.1 Å². The van der Waals surface area contributed by atoms with Crippen LogP contribution < -0.4 is 10.2 Å². The number of carboxylic acids is 1. The van der Waals surface area contributed by atoms with Crippen molar-refractivity contribution in [2.75, 3.05) is 23.3 Å². The van der Waals surface area contributed by atoms with Gasteiger partial charge in [-0.05, 0) is 56.3 Å². The molecule has 6 heteroatoms. The van der Waals surface area contributed by atoms with Gasteiger partial charge in [0.25, 0.3) is 5.91 Å². The van der Waals surface area contributed by atoms with E-state index in [1.165, 1.54) is 6.07 Å². The summed E-state index contributed by atoms with van der Waals surface area (Å²) in [5, 5.41) is 12.2. The average Bonchev–Trinajstić information content (AvgIpc) is 2.57. The number of carboxylic acid groups (broad SMARTS) is 1. The monoisotopic (exact) mass is 390 g/mol. The molecule has 0 aliphatic carbocycles. The molecule has 5 nitrogen and oxygen atoms in total. The van der Waals surface area contributed by atoms with Crippen LogP contribution in [0, 0.1) is 0 Å². The van der Waals surface area contributed by atoms with Crippen LogP contribution in [0.3, 0.4) is 0 Å². The van der Waals surface area contributed by atoms with E-state index in [9.17, 15) is 14.7 Å². The summed E-state index contributed by atoms with van der Waals surface area (Å²) in [5.41, 5.74) is 1.78. The minimum atomic E-state index is -1.02. The number of anilines is 2. The zero-order chi connectivity index (χ0) is 17.7. The van der Waals surface area contributed by atoms with Gasteiger partial charge in [-0.1, -0.05) is 15.9 Å². The van der Waals surface area contributed by atoms with E-state index < -0.39 is 5.97 Å². The molecule has 0 aromatic heterocycles. The van der Waals surface area contributed by atoms with Gasteiger partial charge in [-0.3, -0.25) is 4.79 Å². The summed E-state index contributed by atoms with van der Waals surface area (Å²) in [6, 6.07) is 11.9. The molecule has 0 bridgehead atoms. The van der Waals surface area contributed by atoms with Crippen molar-refractivity contribution in [1.82, 2.24) is 0 Å². The molecule has 2 rings (SSSR count). The maximum absolute atomic E-state index is 12.3. The largest absolute Gasteiger partial charge is 0.478 e. The van der Waals surface area contributed by atoms with Gasteiger partial charge in [-0.15, -0.1) is 0 Å². The summed E-state index contributed by atoms with van der Waals surface area (Å²) in [6.07, 6.45) is 0. The minimum Gasteiger partial charge on any atom is -0.478 e. The Kier molecular flexibility index (Phi) is 5.98. The molecule has 0 spiro atoms. The quantitative estimate of drug-likeness (QED) is 0.773. The van der Waals surface area contributed by atoms with Crippen LogP contribution in [0.2, 0.25) is 0 Å². The fourth-order valence-electron chi connectivity index (χ4n) is 2.43. The lowest BCUT2D eigenvalue weighted by Crippen LogP contribution is -2.24. The molecular weight excluding hydrogens is 372 g/mol. The summed E-state index contributed by atoms with van der Waals surface area (Å²) in [6.45, 7) is 5.36. The second kappa shape index (κ2) is 7.97. The first kappa shape index (κ1) is 18.0. The Balaban J connectivity index is 2.28. The number of hydrogen-bond acceptors (Lipinski definition) is 3. The van der Waals surface area contributed by atoms with Gasteiger partial charge in [0.05, 0.1) is 11.3 Å². The topological polar surface area (TPSA) is 69.6 Å². The van der Waals surface area contributed by atoms with Crippen molar-refractivity contribution in [1.29, 1.82) is 0 Å². The lowest BCUT2D eigenvalue weighted by Gasteiger charge is -2.23. The van der Waals surface area contributed by atoms with Crippen molar-refractivity contribution in [3.8, 4) is 0 Å². The highest BCUT2D eigenvalue weighted by atomic mass is 79.9.